The molecule has 0 radical (unpaired) electrons. The first-order valence-electron chi connectivity index (χ1n) is 12.0. The first kappa shape index (κ1) is 21.7. The zero-order valence-electron chi connectivity index (χ0n) is 19.0. The van der Waals surface area contributed by atoms with E-state index in [4.69, 9.17) is 14.2 Å². The van der Waals surface area contributed by atoms with E-state index < -0.39 is 42.0 Å². The van der Waals surface area contributed by atoms with Gasteiger partial charge in [-0.3, -0.25) is 9.59 Å². The maximum absolute atomic E-state index is 12.7. The molecule has 1 spiro atoms. The van der Waals surface area contributed by atoms with Crippen LogP contribution in [-0.2, 0) is 23.8 Å². The Balaban J connectivity index is 1.66. The molecular formula is C24H36O7. The fraction of sp³-hybridized carbons (Fsp3) is 0.917. The van der Waals surface area contributed by atoms with E-state index in [9.17, 15) is 19.8 Å². The average Bonchev–Trinajstić information content (AvgIpc) is 3.15. The Morgan fingerprint density at radius 1 is 1.19 bits per heavy atom. The highest BCUT2D eigenvalue weighted by molar-refractivity contribution is 5.76. The van der Waals surface area contributed by atoms with Gasteiger partial charge in [-0.05, 0) is 48.9 Å². The van der Waals surface area contributed by atoms with E-state index in [-0.39, 0.29) is 34.6 Å². The summed E-state index contributed by atoms with van der Waals surface area (Å²) in [6.07, 6.45) is 1.38. The van der Waals surface area contributed by atoms with E-state index in [1.165, 1.54) is 0 Å². The summed E-state index contributed by atoms with van der Waals surface area (Å²) in [5.74, 6) is -1.52. The van der Waals surface area contributed by atoms with Crippen LogP contribution < -0.4 is 0 Å². The van der Waals surface area contributed by atoms with Crippen LogP contribution in [0.15, 0.2) is 0 Å². The van der Waals surface area contributed by atoms with Crippen LogP contribution in [0.5, 0.6) is 0 Å². The van der Waals surface area contributed by atoms with Crippen LogP contribution in [0, 0.1) is 39.9 Å². The fourth-order valence-electron chi connectivity index (χ4n) is 8.82. The number of ether oxygens (including phenoxy) is 3. The third-order valence-corrected chi connectivity index (χ3v) is 9.66. The second kappa shape index (κ2) is 6.91. The van der Waals surface area contributed by atoms with Gasteiger partial charge >= 0.3 is 11.9 Å². The maximum atomic E-state index is 12.7. The van der Waals surface area contributed by atoms with Crippen LogP contribution in [0.3, 0.4) is 0 Å². The number of esters is 2. The highest BCUT2D eigenvalue weighted by Crippen LogP contribution is 2.73. The minimum Gasteiger partial charge on any atom is -0.459 e. The molecule has 3 aliphatic carbocycles. The maximum Gasteiger partial charge on any atom is 0.311 e. The molecule has 174 valence electrons. The Morgan fingerprint density at radius 3 is 2.65 bits per heavy atom. The lowest BCUT2D eigenvalue weighted by molar-refractivity contribution is -0.308. The second-order valence-corrected chi connectivity index (χ2v) is 11.5. The Bertz CT molecular complexity index is 780. The third-order valence-electron chi connectivity index (χ3n) is 9.66. The number of hydrogen-bond donors (Lipinski definition) is 2. The monoisotopic (exact) mass is 436 g/mol. The summed E-state index contributed by atoms with van der Waals surface area (Å²) < 4.78 is 17.3. The summed E-state index contributed by atoms with van der Waals surface area (Å²) in [5.41, 5.74) is -1.46. The molecule has 3 saturated carbocycles. The van der Waals surface area contributed by atoms with Crippen molar-refractivity contribution in [1.82, 2.24) is 0 Å². The highest BCUT2D eigenvalue weighted by atomic mass is 16.8. The SMILES string of the molecule is CCCC(=O)OC1C2C(C)(C)CCCC2(C)C2CCC3C(=O)OC4OC(O)C2(C1O)C43. The number of fused-ring (bicyclic) bond motifs is 2. The van der Waals surface area contributed by atoms with Crippen LogP contribution in [0.25, 0.3) is 0 Å². The molecule has 7 nitrogen and oxygen atoms in total. The van der Waals surface area contributed by atoms with Crippen molar-refractivity contribution in [2.24, 2.45) is 39.9 Å². The van der Waals surface area contributed by atoms with Gasteiger partial charge in [-0.25, -0.2) is 0 Å². The summed E-state index contributed by atoms with van der Waals surface area (Å²) in [7, 11) is 0. The van der Waals surface area contributed by atoms with Crippen molar-refractivity contribution in [2.75, 3.05) is 0 Å². The number of carbonyl (C=O) groups excluding carboxylic acids is 2. The van der Waals surface area contributed by atoms with Crippen LogP contribution in [0.4, 0.5) is 0 Å². The summed E-state index contributed by atoms with van der Waals surface area (Å²) in [6, 6.07) is 0. The lowest BCUT2D eigenvalue weighted by atomic mass is 9.37. The molecule has 2 heterocycles. The summed E-state index contributed by atoms with van der Waals surface area (Å²) >= 11 is 0. The Morgan fingerprint density at radius 2 is 1.94 bits per heavy atom. The van der Waals surface area contributed by atoms with Crippen molar-refractivity contribution in [3.63, 3.8) is 0 Å². The van der Waals surface area contributed by atoms with Gasteiger partial charge in [-0.2, -0.15) is 0 Å². The van der Waals surface area contributed by atoms with Gasteiger partial charge in [-0.1, -0.05) is 34.1 Å². The van der Waals surface area contributed by atoms with Crippen molar-refractivity contribution in [2.45, 2.75) is 97.4 Å². The van der Waals surface area contributed by atoms with E-state index in [1.807, 2.05) is 6.92 Å². The Kier molecular flexibility index (Phi) is 4.83. The fourth-order valence-corrected chi connectivity index (χ4v) is 8.82. The van der Waals surface area contributed by atoms with Gasteiger partial charge in [0.25, 0.3) is 0 Å². The minimum absolute atomic E-state index is 0.0407. The zero-order valence-corrected chi connectivity index (χ0v) is 19.0. The second-order valence-electron chi connectivity index (χ2n) is 11.5. The summed E-state index contributed by atoms with van der Waals surface area (Å²) in [6.45, 7) is 8.58. The number of aliphatic hydroxyl groups excluding tert-OH is 2. The molecule has 5 rings (SSSR count). The lowest BCUT2D eigenvalue weighted by Crippen LogP contribution is -2.73. The van der Waals surface area contributed by atoms with Gasteiger partial charge in [0.2, 0.25) is 6.29 Å². The largest absolute Gasteiger partial charge is 0.459 e. The smallest absolute Gasteiger partial charge is 0.311 e. The Labute approximate surface area is 183 Å². The molecule has 10 atom stereocenters. The molecule has 7 heteroatoms. The number of rotatable bonds is 3. The molecule has 2 aliphatic heterocycles. The van der Waals surface area contributed by atoms with Gasteiger partial charge in [0.15, 0.2) is 6.29 Å². The van der Waals surface area contributed by atoms with Crippen molar-refractivity contribution in [3.8, 4) is 0 Å². The molecule has 0 aromatic carbocycles. The van der Waals surface area contributed by atoms with Crippen LogP contribution in [0.2, 0.25) is 0 Å². The van der Waals surface area contributed by atoms with Crippen molar-refractivity contribution in [1.29, 1.82) is 0 Å². The lowest BCUT2D eigenvalue weighted by Gasteiger charge is -2.68. The number of hydrogen-bond acceptors (Lipinski definition) is 7. The van der Waals surface area contributed by atoms with Crippen molar-refractivity contribution < 1.29 is 34.0 Å². The molecular weight excluding hydrogens is 400 g/mol. The third kappa shape index (κ3) is 2.63. The van der Waals surface area contributed by atoms with E-state index in [1.54, 1.807) is 0 Å². The Hall–Kier alpha value is -1.18. The van der Waals surface area contributed by atoms with E-state index in [2.05, 4.69) is 20.8 Å². The topological polar surface area (TPSA) is 102 Å². The summed E-state index contributed by atoms with van der Waals surface area (Å²) in [5, 5.41) is 23.2. The van der Waals surface area contributed by atoms with Gasteiger partial charge in [-0.15, -0.1) is 0 Å². The quantitative estimate of drug-likeness (QED) is 0.656. The first-order chi connectivity index (χ1) is 14.6. The first-order valence-corrected chi connectivity index (χ1v) is 12.0. The van der Waals surface area contributed by atoms with Crippen molar-refractivity contribution in [3.05, 3.63) is 0 Å². The standard InChI is InChI=1S/C24H36O7/c1-5-7-14(25)29-16-17-22(2,3)10-6-11-23(17,4)13-9-8-12-15-20(30-19(12)27)31-21(28)24(13,15)18(16)26/h12-13,15-18,20-21,26,28H,5-11H2,1-4H3. The van der Waals surface area contributed by atoms with Gasteiger partial charge in [0.1, 0.15) is 12.2 Å². The molecule has 2 saturated heterocycles. The van der Waals surface area contributed by atoms with Crippen LogP contribution in [-0.4, -0.2) is 46.9 Å². The normalized spacial score (nSPS) is 52.0. The van der Waals surface area contributed by atoms with E-state index >= 15 is 0 Å². The zero-order chi connectivity index (χ0) is 22.3. The number of carbonyl (C=O) groups is 2. The highest BCUT2D eigenvalue weighted by Gasteiger charge is 2.79. The molecule has 5 aliphatic rings. The van der Waals surface area contributed by atoms with Gasteiger partial charge in [0, 0.05) is 18.3 Å². The molecule has 0 bridgehead atoms. The van der Waals surface area contributed by atoms with E-state index in [0.29, 0.717) is 19.3 Å². The predicted molar refractivity (Wildman–Crippen MR) is 109 cm³/mol. The molecule has 0 aromatic rings. The molecule has 10 unspecified atom stereocenters. The predicted octanol–water partition coefficient (Wildman–Crippen LogP) is 2.77. The van der Waals surface area contributed by atoms with Gasteiger partial charge in [0.05, 0.1) is 11.3 Å². The minimum atomic E-state index is -1.26. The molecule has 2 N–H and O–H groups in total. The number of aliphatic hydroxyl groups is 2. The van der Waals surface area contributed by atoms with Crippen LogP contribution in [0.1, 0.15) is 72.6 Å². The van der Waals surface area contributed by atoms with Crippen LogP contribution >= 0.6 is 0 Å². The summed E-state index contributed by atoms with van der Waals surface area (Å²) in [4.78, 5) is 25.2. The molecule has 0 aromatic heterocycles. The van der Waals surface area contributed by atoms with Crippen molar-refractivity contribution >= 4 is 11.9 Å². The molecule has 31 heavy (non-hydrogen) atoms. The van der Waals surface area contributed by atoms with E-state index in [0.717, 1.165) is 25.7 Å². The molecule has 5 fully saturated rings. The average molecular weight is 437 g/mol. The van der Waals surface area contributed by atoms with Gasteiger partial charge < -0.3 is 24.4 Å². The molecule has 0 amide bonds.